The van der Waals surface area contributed by atoms with Crippen molar-refractivity contribution in [3.63, 3.8) is 0 Å². The number of para-hydroxylation sites is 2. The Morgan fingerprint density at radius 3 is 2.26 bits per heavy atom. The summed E-state index contributed by atoms with van der Waals surface area (Å²) in [5, 5.41) is 32.8. The third kappa shape index (κ3) is 4.58. The van der Waals surface area contributed by atoms with Gasteiger partial charge in [0.2, 0.25) is 0 Å². The van der Waals surface area contributed by atoms with Gasteiger partial charge in [-0.3, -0.25) is 25.0 Å². The van der Waals surface area contributed by atoms with Crippen LogP contribution < -0.4 is 9.64 Å². The van der Waals surface area contributed by atoms with Crippen LogP contribution in [0.15, 0.2) is 66.7 Å². The number of nitro benzene ring substituents is 2. The van der Waals surface area contributed by atoms with Crippen LogP contribution in [0.5, 0.6) is 11.5 Å². The van der Waals surface area contributed by atoms with E-state index < -0.39 is 27.1 Å². The first-order valence-corrected chi connectivity index (χ1v) is 8.97. The van der Waals surface area contributed by atoms with Crippen LogP contribution >= 0.6 is 0 Å². The van der Waals surface area contributed by atoms with Gasteiger partial charge in [0.15, 0.2) is 0 Å². The van der Waals surface area contributed by atoms with E-state index in [1.54, 1.807) is 36.4 Å². The Balaban J connectivity index is 2.09. The molecule has 3 aromatic rings. The molecule has 3 rings (SSSR count). The smallest absolute Gasteiger partial charge is 0.289 e. The average Bonchev–Trinajstić information content (AvgIpc) is 2.77. The third-order valence-corrected chi connectivity index (χ3v) is 4.54. The van der Waals surface area contributed by atoms with Crippen molar-refractivity contribution in [2.45, 2.75) is 6.54 Å². The zero-order valence-corrected chi connectivity index (χ0v) is 16.3. The van der Waals surface area contributed by atoms with Crippen LogP contribution in [0.2, 0.25) is 0 Å². The van der Waals surface area contributed by atoms with Crippen LogP contribution in [-0.2, 0) is 6.54 Å². The first-order valence-electron chi connectivity index (χ1n) is 8.97. The van der Waals surface area contributed by atoms with Crippen molar-refractivity contribution >= 4 is 23.0 Å². The van der Waals surface area contributed by atoms with Gasteiger partial charge < -0.3 is 14.7 Å². The predicted molar refractivity (Wildman–Crippen MR) is 111 cm³/mol. The van der Waals surface area contributed by atoms with E-state index in [2.05, 4.69) is 0 Å². The number of rotatable bonds is 7. The van der Waals surface area contributed by atoms with Gasteiger partial charge in [-0.25, -0.2) is 0 Å². The zero-order valence-electron chi connectivity index (χ0n) is 16.3. The lowest BCUT2D eigenvalue weighted by Gasteiger charge is -2.24. The summed E-state index contributed by atoms with van der Waals surface area (Å²) in [6, 6.07) is 15.7. The van der Waals surface area contributed by atoms with Gasteiger partial charge in [0.1, 0.15) is 17.1 Å². The van der Waals surface area contributed by atoms with Gasteiger partial charge in [-0.05, 0) is 35.9 Å². The number of methoxy groups -OCH3 is 1. The molecule has 0 aliphatic heterocycles. The first kappa shape index (κ1) is 21.2. The molecule has 0 unspecified atom stereocenters. The van der Waals surface area contributed by atoms with E-state index in [1.165, 1.54) is 24.1 Å². The van der Waals surface area contributed by atoms with Crippen LogP contribution in [0.25, 0.3) is 0 Å². The fourth-order valence-electron chi connectivity index (χ4n) is 2.98. The summed E-state index contributed by atoms with van der Waals surface area (Å²) < 4.78 is 5.12. The van der Waals surface area contributed by atoms with Crippen molar-refractivity contribution in [1.29, 1.82) is 0 Å². The summed E-state index contributed by atoms with van der Waals surface area (Å²) >= 11 is 0. The Hall–Kier alpha value is -4.47. The van der Waals surface area contributed by atoms with E-state index >= 15 is 0 Å². The van der Waals surface area contributed by atoms with Crippen molar-refractivity contribution < 1.29 is 24.5 Å². The number of nitro groups is 2. The molecule has 0 fully saturated rings. The number of hydrogen-bond acceptors (Lipinski definition) is 7. The maximum Gasteiger partial charge on any atom is 0.289 e. The SMILES string of the molecule is COc1ccc(CN(C(=O)c2ccc([N+](=O)[O-])cc2[N+](=O)[O-])c2ccccc2O)cc1. The topological polar surface area (TPSA) is 136 Å². The molecule has 158 valence electrons. The fourth-order valence-corrected chi connectivity index (χ4v) is 2.98. The Labute approximate surface area is 176 Å². The number of non-ortho nitro benzene ring substituents is 1. The van der Waals surface area contributed by atoms with Crippen molar-refractivity contribution in [3.8, 4) is 11.5 Å². The van der Waals surface area contributed by atoms with Gasteiger partial charge in [0.25, 0.3) is 17.3 Å². The highest BCUT2D eigenvalue weighted by atomic mass is 16.6. The molecule has 31 heavy (non-hydrogen) atoms. The maximum absolute atomic E-state index is 13.3. The van der Waals surface area contributed by atoms with Crippen molar-refractivity contribution in [1.82, 2.24) is 0 Å². The van der Waals surface area contributed by atoms with Gasteiger partial charge in [0, 0.05) is 6.07 Å². The molecule has 3 aromatic carbocycles. The minimum atomic E-state index is -0.851. The molecule has 0 bridgehead atoms. The number of anilines is 1. The van der Waals surface area contributed by atoms with Gasteiger partial charge in [-0.1, -0.05) is 24.3 Å². The summed E-state index contributed by atoms with van der Waals surface area (Å²) in [5.41, 5.74) is -0.743. The molecule has 1 amide bonds. The molecule has 0 saturated carbocycles. The highest BCUT2D eigenvalue weighted by molar-refractivity contribution is 6.09. The number of aromatic hydroxyl groups is 1. The minimum Gasteiger partial charge on any atom is -0.506 e. The quantitative estimate of drug-likeness (QED) is 0.447. The molecule has 0 aromatic heterocycles. The van der Waals surface area contributed by atoms with E-state index in [1.807, 2.05) is 0 Å². The lowest BCUT2D eigenvalue weighted by Crippen LogP contribution is -2.31. The molecule has 0 radical (unpaired) electrons. The number of phenols is 1. The van der Waals surface area contributed by atoms with E-state index in [0.717, 1.165) is 18.2 Å². The van der Waals surface area contributed by atoms with E-state index in [9.17, 15) is 30.1 Å². The highest BCUT2D eigenvalue weighted by Crippen LogP contribution is 2.32. The standard InChI is InChI=1S/C21H17N3O7/c1-31-16-9-6-14(7-10-16)13-22(18-4-2-3-5-20(18)25)21(26)17-11-8-15(23(27)28)12-19(17)24(29)30/h2-12,25H,13H2,1H3. The molecule has 0 saturated heterocycles. The van der Waals surface area contributed by atoms with E-state index in [-0.39, 0.29) is 23.5 Å². The number of hydrogen-bond donors (Lipinski definition) is 1. The van der Waals surface area contributed by atoms with Gasteiger partial charge in [-0.15, -0.1) is 0 Å². The monoisotopic (exact) mass is 423 g/mol. The van der Waals surface area contributed by atoms with Crippen LogP contribution in [0.3, 0.4) is 0 Å². The summed E-state index contributed by atoms with van der Waals surface area (Å²) in [6.45, 7) is -0.0193. The van der Waals surface area contributed by atoms with Gasteiger partial charge in [0.05, 0.1) is 35.3 Å². The fraction of sp³-hybridized carbons (Fsp3) is 0.0952. The predicted octanol–water partition coefficient (Wildman–Crippen LogP) is 4.06. The average molecular weight is 423 g/mol. The molecule has 10 heteroatoms. The number of carbonyl (C=O) groups excluding carboxylic acids is 1. The largest absolute Gasteiger partial charge is 0.506 e. The maximum atomic E-state index is 13.3. The van der Waals surface area contributed by atoms with Crippen LogP contribution in [0.1, 0.15) is 15.9 Å². The minimum absolute atomic E-state index is 0.0193. The molecular formula is C21H17N3O7. The van der Waals surface area contributed by atoms with Crippen LogP contribution in [0, 0.1) is 20.2 Å². The Kier molecular flexibility index (Phi) is 6.10. The third-order valence-electron chi connectivity index (χ3n) is 4.54. The molecule has 1 N–H and O–H groups in total. The summed E-state index contributed by atoms with van der Waals surface area (Å²) in [6.07, 6.45) is 0. The Morgan fingerprint density at radius 1 is 1.00 bits per heavy atom. The normalized spacial score (nSPS) is 10.4. The van der Waals surface area contributed by atoms with Crippen molar-refractivity contribution in [2.75, 3.05) is 12.0 Å². The number of amides is 1. The number of carbonyl (C=O) groups is 1. The Bertz CT molecular complexity index is 1150. The zero-order chi connectivity index (χ0) is 22.5. The second-order valence-corrected chi connectivity index (χ2v) is 6.44. The van der Waals surface area contributed by atoms with Crippen LogP contribution in [-0.4, -0.2) is 28.0 Å². The number of ether oxygens (including phenoxy) is 1. The molecule has 0 spiro atoms. The number of phenolic OH excluding ortho intramolecular Hbond substituents is 1. The second kappa shape index (κ2) is 8.91. The lowest BCUT2D eigenvalue weighted by atomic mass is 10.1. The summed E-state index contributed by atoms with van der Waals surface area (Å²) in [5.74, 6) is -0.386. The number of benzene rings is 3. The van der Waals surface area contributed by atoms with Crippen LogP contribution in [0.4, 0.5) is 17.1 Å². The van der Waals surface area contributed by atoms with Crippen molar-refractivity contribution in [2.24, 2.45) is 0 Å². The van der Waals surface area contributed by atoms with Gasteiger partial charge >= 0.3 is 0 Å². The van der Waals surface area contributed by atoms with Crippen molar-refractivity contribution in [3.05, 3.63) is 98.1 Å². The Morgan fingerprint density at radius 2 is 1.68 bits per heavy atom. The molecule has 10 nitrogen and oxygen atoms in total. The van der Waals surface area contributed by atoms with E-state index in [4.69, 9.17) is 4.74 Å². The van der Waals surface area contributed by atoms with E-state index in [0.29, 0.717) is 11.3 Å². The lowest BCUT2D eigenvalue weighted by molar-refractivity contribution is -0.394. The van der Waals surface area contributed by atoms with Gasteiger partial charge in [-0.2, -0.15) is 0 Å². The molecule has 0 aliphatic rings. The molecule has 0 heterocycles. The molecule has 0 atom stereocenters. The molecule has 0 aliphatic carbocycles. The summed E-state index contributed by atoms with van der Waals surface area (Å²) in [7, 11) is 1.51. The highest BCUT2D eigenvalue weighted by Gasteiger charge is 2.29. The summed E-state index contributed by atoms with van der Waals surface area (Å²) in [4.78, 5) is 35.4. The number of nitrogens with zero attached hydrogens (tertiary/aromatic N) is 3. The second-order valence-electron chi connectivity index (χ2n) is 6.44. The molecular weight excluding hydrogens is 406 g/mol. The first-order chi connectivity index (χ1) is 14.8.